The number of halogens is 1. The van der Waals surface area contributed by atoms with Crippen molar-refractivity contribution in [1.29, 1.82) is 0 Å². The standard InChI is InChI=1S/C22H20FN3O2/c1-2-18-22(26-20(28)11-13-3-6-15(23)7-4-13)25-19-10-5-14-12-16(27)8-9-17(14)21(19)24-18/h3-4,6-9,12,27H,2,5,10-11H2,1H3,(H,25,26,28). The minimum atomic E-state index is -0.327. The molecule has 0 atom stereocenters. The number of nitrogens with one attached hydrogen (secondary N) is 1. The molecule has 0 aliphatic heterocycles. The Kier molecular flexibility index (Phi) is 4.77. The Morgan fingerprint density at radius 2 is 1.93 bits per heavy atom. The first-order valence-electron chi connectivity index (χ1n) is 9.30. The number of carbonyl (C=O) groups excluding carboxylic acids is 1. The average molecular weight is 377 g/mol. The first-order chi connectivity index (χ1) is 13.5. The van der Waals surface area contributed by atoms with Gasteiger partial charge in [0.25, 0.3) is 0 Å². The molecule has 1 aromatic heterocycles. The van der Waals surface area contributed by atoms with Crippen LogP contribution in [0.4, 0.5) is 10.2 Å². The van der Waals surface area contributed by atoms with Crippen molar-refractivity contribution < 1.29 is 14.3 Å². The summed E-state index contributed by atoms with van der Waals surface area (Å²) in [5.74, 6) is 0.189. The van der Waals surface area contributed by atoms with E-state index >= 15 is 0 Å². The average Bonchev–Trinajstić information content (AvgIpc) is 2.68. The number of benzene rings is 2. The van der Waals surface area contributed by atoms with Crippen molar-refractivity contribution >= 4 is 11.7 Å². The molecule has 4 rings (SSSR count). The third kappa shape index (κ3) is 3.58. The molecule has 2 N–H and O–H groups in total. The number of fused-ring (bicyclic) bond motifs is 3. The highest BCUT2D eigenvalue weighted by atomic mass is 19.1. The summed E-state index contributed by atoms with van der Waals surface area (Å²) in [6.45, 7) is 1.96. The molecule has 142 valence electrons. The van der Waals surface area contributed by atoms with Gasteiger partial charge in [0, 0.05) is 5.56 Å². The Morgan fingerprint density at radius 1 is 1.14 bits per heavy atom. The molecular weight excluding hydrogens is 357 g/mol. The van der Waals surface area contributed by atoms with E-state index in [4.69, 9.17) is 4.98 Å². The Bertz CT molecular complexity index is 1050. The number of hydrogen-bond acceptors (Lipinski definition) is 4. The van der Waals surface area contributed by atoms with E-state index in [0.29, 0.717) is 24.4 Å². The van der Waals surface area contributed by atoms with Gasteiger partial charge in [-0.2, -0.15) is 0 Å². The molecule has 0 radical (unpaired) electrons. The zero-order valence-electron chi connectivity index (χ0n) is 15.5. The van der Waals surface area contributed by atoms with Gasteiger partial charge in [-0.05, 0) is 60.7 Å². The van der Waals surface area contributed by atoms with Crippen molar-refractivity contribution in [3.8, 4) is 17.0 Å². The summed E-state index contributed by atoms with van der Waals surface area (Å²) in [5, 5.41) is 12.6. The number of aryl methyl sites for hydroxylation is 3. The van der Waals surface area contributed by atoms with Crippen molar-refractivity contribution in [3.05, 3.63) is 70.8 Å². The second-order valence-corrected chi connectivity index (χ2v) is 6.86. The highest BCUT2D eigenvalue weighted by Crippen LogP contribution is 2.34. The predicted octanol–water partition coefficient (Wildman–Crippen LogP) is 3.83. The van der Waals surface area contributed by atoms with Crippen LogP contribution in [0.25, 0.3) is 11.3 Å². The van der Waals surface area contributed by atoms with E-state index in [9.17, 15) is 14.3 Å². The van der Waals surface area contributed by atoms with Crippen LogP contribution < -0.4 is 5.32 Å². The van der Waals surface area contributed by atoms with E-state index in [0.717, 1.165) is 34.5 Å². The van der Waals surface area contributed by atoms with E-state index in [1.807, 2.05) is 13.0 Å². The van der Waals surface area contributed by atoms with Crippen LogP contribution >= 0.6 is 0 Å². The van der Waals surface area contributed by atoms with E-state index < -0.39 is 0 Å². The second kappa shape index (κ2) is 7.38. The minimum absolute atomic E-state index is 0.143. The lowest BCUT2D eigenvalue weighted by Crippen LogP contribution is -2.19. The molecule has 3 aromatic rings. The van der Waals surface area contributed by atoms with Gasteiger partial charge in [0.15, 0.2) is 5.82 Å². The molecule has 1 aliphatic carbocycles. The fraction of sp³-hybridized carbons (Fsp3) is 0.227. The van der Waals surface area contributed by atoms with Gasteiger partial charge in [0.05, 0.1) is 23.5 Å². The van der Waals surface area contributed by atoms with Gasteiger partial charge < -0.3 is 10.4 Å². The van der Waals surface area contributed by atoms with E-state index in [1.54, 1.807) is 24.3 Å². The minimum Gasteiger partial charge on any atom is -0.508 e. The number of aromatic hydroxyl groups is 1. The van der Waals surface area contributed by atoms with Crippen molar-refractivity contribution in [2.45, 2.75) is 32.6 Å². The highest BCUT2D eigenvalue weighted by molar-refractivity contribution is 5.92. The molecule has 0 spiro atoms. The lowest BCUT2D eigenvalue weighted by molar-refractivity contribution is -0.115. The summed E-state index contributed by atoms with van der Waals surface area (Å²) in [4.78, 5) is 21.9. The van der Waals surface area contributed by atoms with Crippen molar-refractivity contribution in [2.75, 3.05) is 5.32 Å². The van der Waals surface area contributed by atoms with E-state index in [1.165, 1.54) is 12.1 Å². The summed E-state index contributed by atoms with van der Waals surface area (Å²) in [6.07, 6.45) is 2.23. The van der Waals surface area contributed by atoms with Gasteiger partial charge in [-0.3, -0.25) is 4.79 Å². The first kappa shape index (κ1) is 18.1. The maximum atomic E-state index is 13.0. The van der Waals surface area contributed by atoms with Gasteiger partial charge in [0.1, 0.15) is 11.6 Å². The fourth-order valence-electron chi connectivity index (χ4n) is 3.48. The van der Waals surface area contributed by atoms with Crippen molar-refractivity contribution in [3.63, 3.8) is 0 Å². The van der Waals surface area contributed by atoms with Crippen LogP contribution in [0.15, 0.2) is 42.5 Å². The number of anilines is 1. The Labute approximate surface area is 162 Å². The molecular formula is C22H20FN3O2. The summed E-state index contributed by atoms with van der Waals surface area (Å²) in [5.41, 5.74) is 5.13. The predicted molar refractivity (Wildman–Crippen MR) is 105 cm³/mol. The molecule has 0 saturated carbocycles. The third-order valence-corrected chi connectivity index (χ3v) is 4.89. The molecule has 28 heavy (non-hydrogen) atoms. The number of phenolic OH excluding ortho intramolecular Hbond substituents is 1. The zero-order valence-corrected chi connectivity index (χ0v) is 15.5. The molecule has 0 saturated heterocycles. The second-order valence-electron chi connectivity index (χ2n) is 6.86. The molecule has 2 aromatic carbocycles. The fourth-order valence-corrected chi connectivity index (χ4v) is 3.48. The van der Waals surface area contributed by atoms with Gasteiger partial charge in [-0.25, -0.2) is 14.4 Å². The van der Waals surface area contributed by atoms with Crippen LogP contribution in [-0.4, -0.2) is 21.0 Å². The lowest BCUT2D eigenvalue weighted by Gasteiger charge is -2.20. The Morgan fingerprint density at radius 3 is 2.68 bits per heavy atom. The molecule has 1 heterocycles. The van der Waals surface area contributed by atoms with Gasteiger partial charge in [0.2, 0.25) is 5.91 Å². The Balaban J connectivity index is 1.61. The summed E-state index contributed by atoms with van der Waals surface area (Å²) < 4.78 is 13.0. The van der Waals surface area contributed by atoms with Crippen LogP contribution in [0, 0.1) is 5.82 Å². The number of hydrogen-bond donors (Lipinski definition) is 2. The largest absolute Gasteiger partial charge is 0.508 e. The number of phenols is 1. The SMILES string of the molecule is CCc1nc2c(nc1NC(=O)Cc1ccc(F)cc1)CCc1cc(O)ccc1-2. The van der Waals surface area contributed by atoms with E-state index in [-0.39, 0.29) is 23.9 Å². The van der Waals surface area contributed by atoms with Gasteiger partial charge >= 0.3 is 0 Å². The highest BCUT2D eigenvalue weighted by Gasteiger charge is 2.22. The van der Waals surface area contributed by atoms with E-state index in [2.05, 4.69) is 10.3 Å². The maximum absolute atomic E-state index is 13.0. The molecule has 1 aliphatic rings. The molecule has 6 heteroatoms. The molecule has 0 unspecified atom stereocenters. The topological polar surface area (TPSA) is 75.1 Å². The molecule has 1 amide bonds. The summed E-state index contributed by atoms with van der Waals surface area (Å²) in [7, 11) is 0. The van der Waals surface area contributed by atoms with Crippen molar-refractivity contribution in [2.24, 2.45) is 0 Å². The van der Waals surface area contributed by atoms with Crippen LogP contribution in [-0.2, 0) is 30.5 Å². The first-order valence-corrected chi connectivity index (χ1v) is 9.30. The van der Waals surface area contributed by atoms with Gasteiger partial charge in [-0.1, -0.05) is 19.1 Å². The molecule has 5 nitrogen and oxygen atoms in total. The van der Waals surface area contributed by atoms with Gasteiger partial charge in [-0.15, -0.1) is 0 Å². The number of nitrogens with zero attached hydrogens (tertiary/aromatic N) is 2. The van der Waals surface area contributed by atoms with Crippen LogP contribution in [0.1, 0.15) is 29.4 Å². The van der Waals surface area contributed by atoms with Crippen molar-refractivity contribution in [1.82, 2.24) is 9.97 Å². The normalized spacial score (nSPS) is 12.2. The zero-order chi connectivity index (χ0) is 19.7. The molecule has 0 bridgehead atoms. The lowest BCUT2D eigenvalue weighted by atomic mass is 9.91. The number of aromatic nitrogens is 2. The van der Waals surface area contributed by atoms with Crippen LogP contribution in [0.5, 0.6) is 5.75 Å². The monoisotopic (exact) mass is 377 g/mol. The number of carbonyl (C=O) groups is 1. The summed E-state index contributed by atoms with van der Waals surface area (Å²) in [6, 6.07) is 11.2. The van der Waals surface area contributed by atoms with Crippen LogP contribution in [0.2, 0.25) is 0 Å². The third-order valence-electron chi connectivity index (χ3n) is 4.89. The van der Waals surface area contributed by atoms with Crippen LogP contribution in [0.3, 0.4) is 0 Å². The maximum Gasteiger partial charge on any atom is 0.229 e. The Hall–Kier alpha value is -3.28. The smallest absolute Gasteiger partial charge is 0.229 e. The summed E-state index contributed by atoms with van der Waals surface area (Å²) >= 11 is 0. The quantitative estimate of drug-likeness (QED) is 0.725. The number of amides is 1. The number of rotatable bonds is 4. The molecule has 0 fully saturated rings.